The van der Waals surface area contributed by atoms with Gasteiger partial charge in [-0.1, -0.05) is 0 Å². The Morgan fingerprint density at radius 2 is 1.64 bits per heavy atom. The summed E-state index contributed by atoms with van der Waals surface area (Å²) >= 11 is 0. The molecule has 2 N–H and O–H groups in total. The topological polar surface area (TPSA) is 57.5 Å². The maximum atomic E-state index is 10.2. The Labute approximate surface area is 93.7 Å². The van der Waals surface area contributed by atoms with Crippen LogP contribution in [0.1, 0.15) is 10.4 Å². The van der Waals surface area contributed by atoms with Crippen LogP contribution in [0.15, 0.2) is 24.3 Å². The van der Waals surface area contributed by atoms with Gasteiger partial charge in [0.25, 0.3) is 0 Å². The van der Waals surface area contributed by atoms with E-state index in [0.29, 0.717) is 0 Å². The first-order valence-electron chi connectivity index (χ1n) is 2.72. The molecule has 4 heteroatoms. The molecule has 1 rings (SSSR count). The number of aromatic carboxylic acids is 1. The van der Waals surface area contributed by atoms with E-state index in [2.05, 4.69) is 0 Å². The second-order valence-corrected chi connectivity index (χ2v) is 1.85. The molecule has 1 aromatic carbocycles. The second kappa shape index (κ2) is 4.59. The third kappa shape index (κ3) is 3.10. The fourth-order valence-corrected chi connectivity index (χ4v) is 0.604. The molecule has 3 nitrogen and oxygen atoms in total. The fourth-order valence-electron chi connectivity index (χ4n) is 0.604. The van der Waals surface area contributed by atoms with Gasteiger partial charge < -0.3 is 10.2 Å². The van der Waals surface area contributed by atoms with Gasteiger partial charge in [-0.2, -0.15) is 0 Å². The van der Waals surface area contributed by atoms with Crippen LogP contribution in [-0.2, 0) is 0 Å². The van der Waals surface area contributed by atoms with E-state index in [1.165, 1.54) is 24.3 Å². The van der Waals surface area contributed by atoms with Crippen molar-refractivity contribution >= 4 is 43.7 Å². The van der Waals surface area contributed by atoms with E-state index in [1.54, 1.807) is 0 Å². The van der Waals surface area contributed by atoms with Crippen LogP contribution < -0.4 is 0 Å². The summed E-state index contributed by atoms with van der Waals surface area (Å²) in [5.74, 6) is -0.912. The van der Waals surface area contributed by atoms with E-state index < -0.39 is 5.97 Å². The minimum absolute atomic E-state index is 0. The Balaban J connectivity index is 0.000001000. The molecular formula is C7H8CaO3. The number of carboxylic acid groups (broad SMARTS) is 1. The number of carboxylic acids is 1. The Morgan fingerprint density at radius 1 is 1.18 bits per heavy atom. The second-order valence-electron chi connectivity index (χ2n) is 1.85. The molecule has 0 saturated carbocycles. The molecule has 0 saturated heterocycles. The normalized spacial score (nSPS) is 8.36. The van der Waals surface area contributed by atoms with Crippen LogP contribution in [-0.4, -0.2) is 53.9 Å². The van der Waals surface area contributed by atoms with Crippen molar-refractivity contribution in [2.24, 2.45) is 0 Å². The molecule has 11 heavy (non-hydrogen) atoms. The van der Waals surface area contributed by atoms with Crippen molar-refractivity contribution in [3.05, 3.63) is 29.8 Å². The first kappa shape index (κ1) is 10.7. The quantitative estimate of drug-likeness (QED) is 0.606. The number of rotatable bonds is 1. The molecule has 56 valence electrons. The number of aromatic hydroxyl groups is 1. The molecule has 0 unspecified atom stereocenters. The fraction of sp³-hybridized carbons (Fsp3) is 0. The molecule has 0 bridgehead atoms. The summed E-state index contributed by atoms with van der Waals surface area (Å²) in [6.07, 6.45) is 0. The maximum absolute atomic E-state index is 10.2. The van der Waals surface area contributed by atoms with E-state index in [0.717, 1.165) is 0 Å². The van der Waals surface area contributed by atoms with Gasteiger partial charge in [-0.05, 0) is 24.3 Å². The van der Waals surface area contributed by atoms with Crippen molar-refractivity contribution in [2.45, 2.75) is 0 Å². The molecule has 0 radical (unpaired) electrons. The van der Waals surface area contributed by atoms with Gasteiger partial charge in [-0.15, -0.1) is 0 Å². The molecule has 0 heterocycles. The van der Waals surface area contributed by atoms with Crippen LogP contribution in [0.4, 0.5) is 0 Å². The summed E-state index contributed by atoms with van der Waals surface area (Å²) in [7, 11) is 0. The van der Waals surface area contributed by atoms with E-state index in [-0.39, 0.29) is 49.1 Å². The summed E-state index contributed by atoms with van der Waals surface area (Å²) < 4.78 is 0. The Morgan fingerprint density at radius 3 is 2.00 bits per heavy atom. The zero-order valence-corrected chi connectivity index (χ0v) is 5.11. The Bertz CT molecular complexity index is 242. The molecule has 0 aliphatic rings. The summed E-state index contributed by atoms with van der Waals surface area (Å²) in [4.78, 5) is 10.2. The van der Waals surface area contributed by atoms with E-state index in [9.17, 15) is 4.79 Å². The van der Waals surface area contributed by atoms with Gasteiger partial charge in [0.05, 0.1) is 5.56 Å². The predicted octanol–water partition coefficient (Wildman–Crippen LogP) is 0.174. The Kier molecular flexibility index (Phi) is 4.49. The predicted molar refractivity (Wildman–Crippen MR) is 43.6 cm³/mol. The summed E-state index contributed by atoms with van der Waals surface area (Å²) in [5.41, 5.74) is 0.179. The number of carbonyl (C=O) groups is 1. The van der Waals surface area contributed by atoms with Crippen LogP contribution in [0.2, 0.25) is 0 Å². The molecular weight excluding hydrogens is 172 g/mol. The van der Waals surface area contributed by atoms with Crippen LogP contribution >= 0.6 is 0 Å². The molecule has 0 amide bonds. The average molecular weight is 180 g/mol. The van der Waals surface area contributed by atoms with E-state index in [4.69, 9.17) is 10.2 Å². The zero-order chi connectivity index (χ0) is 7.56. The summed E-state index contributed by atoms with van der Waals surface area (Å²) in [6.45, 7) is 0. The van der Waals surface area contributed by atoms with Gasteiger partial charge in [-0.3, -0.25) is 0 Å². The summed E-state index contributed by atoms with van der Waals surface area (Å²) in [5, 5.41) is 17.1. The van der Waals surface area contributed by atoms with Crippen LogP contribution in [0, 0.1) is 0 Å². The van der Waals surface area contributed by atoms with Crippen LogP contribution in [0.25, 0.3) is 0 Å². The zero-order valence-electron chi connectivity index (χ0n) is 5.11. The number of hydrogen-bond acceptors (Lipinski definition) is 2. The first-order chi connectivity index (χ1) is 4.70. The van der Waals surface area contributed by atoms with E-state index in [1.807, 2.05) is 0 Å². The average Bonchev–Trinajstić information content (AvgIpc) is 1.88. The minimum atomic E-state index is -0.986. The molecule has 1 aromatic rings. The van der Waals surface area contributed by atoms with Crippen molar-refractivity contribution in [1.82, 2.24) is 0 Å². The Hall–Kier alpha value is -0.250. The molecule has 0 aliphatic carbocycles. The van der Waals surface area contributed by atoms with Crippen molar-refractivity contribution < 1.29 is 15.0 Å². The first-order valence-corrected chi connectivity index (χ1v) is 2.72. The van der Waals surface area contributed by atoms with Crippen molar-refractivity contribution in [3.8, 4) is 5.75 Å². The number of hydrogen-bond donors (Lipinski definition) is 2. The molecule has 0 fully saturated rings. The van der Waals surface area contributed by atoms with E-state index >= 15 is 0 Å². The van der Waals surface area contributed by atoms with Gasteiger partial charge in [-0.25, -0.2) is 4.79 Å². The standard InChI is InChI=1S/C7H6O3.Ca.2H/c8-6-3-1-5(2-4-6)7(9)10;;;/h1-4,8H,(H,9,10);;;. The van der Waals surface area contributed by atoms with Crippen LogP contribution in [0.3, 0.4) is 0 Å². The SMILES string of the molecule is O=C(O)c1ccc(O)cc1.[CaH2]. The van der Waals surface area contributed by atoms with Gasteiger partial charge in [0.15, 0.2) is 0 Å². The number of benzene rings is 1. The number of phenolic OH excluding ortho intramolecular Hbond substituents is 1. The van der Waals surface area contributed by atoms with Crippen LogP contribution in [0.5, 0.6) is 5.75 Å². The van der Waals surface area contributed by atoms with Crippen molar-refractivity contribution in [1.29, 1.82) is 0 Å². The monoisotopic (exact) mass is 180 g/mol. The van der Waals surface area contributed by atoms with Gasteiger partial charge >= 0.3 is 43.7 Å². The van der Waals surface area contributed by atoms with Gasteiger partial charge in [0.2, 0.25) is 0 Å². The third-order valence-corrected chi connectivity index (χ3v) is 1.11. The van der Waals surface area contributed by atoms with Crippen molar-refractivity contribution in [2.75, 3.05) is 0 Å². The molecule has 0 atom stereocenters. The van der Waals surface area contributed by atoms with Gasteiger partial charge in [0, 0.05) is 0 Å². The molecule has 0 aromatic heterocycles. The molecule has 0 spiro atoms. The van der Waals surface area contributed by atoms with Crippen molar-refractivity contribution in [3.63, 3.8) is 0 Å². The van der Waals surface area contributed by atoms with Gasteiger partial charge in [0.1, 0.15) is 5.75 Å². The molecule has 0 aliphatic heterocycles. The number of phenols is 1. The summed E-state index contributed by atoms with van der Waals surface area (Å²) in [6, 6.07) is 5.36. The third-order valence-electron chi connectivity index (χ3n) is 1.11.